The van der Waals surface area contributed by atoms with E-state index in [1.807, 2.05) is 30.3 Å². The van der Waals surface area contributed by atoms with Crippen LogP contribution in [0.2, 0.25) is 0 Å². The summed E-state index contributed by atoms with van der Waals surface area (Å²) >= 11 is 0. The smallest absolute Gasteiger partial charge is 0.335 e. The standard InChI is InChI=1S/C16H14O5/c17-16(18)11-6-7-14-15(8-11)20-10-13(21-14)9-19-12-4-2-1-3-5-12/h1-8,13H,9-10H2,(H,17,18). The highest BCUT2D eigenvalue weighted by Gasteiger charge is 2.22. The van der Waals surface area contributed by atoms with Gasteiger partial charge in [-0.15, -0.1) is 0 Å². The largest absolute Gasteiger partial charge is 0.490 e. The normalized spacial score (nSPS) is 16.3. The molecule has 1 aliphatic rings. The molecule has 0 fully saturated rings. The molecule has 2 aromatic carbocycles. The second-order valence-electron chi connectivity index (χ2n) is 4.64. The lowest BCUT2D eigenvalue weighted by atomic mass is 10.2. The third-order valence-corrected chi connectivity index (χ3v) is 3.09. The molecule has 1 unspecified atom stereocenters. The lowest BCUT2D eigenvalue weighted by Gasteiger charge is -2.26. The Hall–Kier alpha value is -2.69. The summed E-state index contributed by atoms with van der Waals surface area (Å²) in [5.74, 6) is 0.767. The van der Waals surface area contributed by atoms with Crippen LogP contribution in [0.15, 0.2) is 48.5 Å². The van der Waals surface area contributed by atoms with Crippen molar-refractivity contribution < 1.29 is 24.1 Å². The average molecular weight is 286 g/mol. The first-order valence-electron chi connectivity index (χ1n) is 6.57. The zero-order chi connectivity index (χ0) is 14.7. The van der Waals surface area contributed by atoms with E-state index < -0.39 is 5.97 Å². The Morgan fingerprint density at radius 2 is 2.00 bits per heavy atom. The first-order valence-corrected chi connectivity index (χ1v) is 6.57. The highest BCUT2D eigenvalue weighted by molar-refractivity contribution is 5.88. The quantitative estimate of drug-likeness (QED) is 0.936. The van der Waals surface area contributed by atoms with Gasteiger partial charge in [0, 0.05) is 0 Å². The van der Waals surface area contributed by atoms with Gasteiger partial charge in [0.1, 0.15) is 19.0 Å². The number of carboxylic acids is 1. The number of fused-ring (bicyclic) bond motifs is 1. The second kappa shape index (κ2) is 5.75. The summed E-state index contributed by atoms with van der Waals surface area (Å²) in [6.07, 6.45) is -0.228. The molecule has 0 amide bonds. The van der Waals surface area contributed by atoms with Crippen molar-refractivity contribution in [1.29, 1.82) is 0 Å². The van der Waals surface area contributed by atoms with Gasteiger partial charge in [-0.3, -0.25) is 0 Å². The van der Waals surface area contributed by atoms with Gasteiger partial charge in [-0.2, -0.15) is 0 Å². The number of carboxylic acid groups (broad SMARTS) is 1. The van der Waals surface area contributed by atoms with E-state index in [0.717, 1.165) is 5.75 Å². The van der Waals surface area contributed by atoms with Gasteiger partial charge in [-0.25, -0.2) is 4.79 Å². The van der Waals surface area contributed by atoms with E-state index >= 15 is 0 Å². The number of aromatic carboxylic acids is 1. The van der Waals surface area contributed by atoms with Crippen molar-refractivity contribution in [2.24, 2.45) is 0 Å². The summed E-state index contributed by atoms with van der Waals surface area (Å²) in [5.41, 5.74) is 0.177. The first-order chi connectivity index (χ1) is 10.2. The second-order valence-corrected chi connectivity index (χ2v) is 4.64. The Balaban J connectivity index is 1.63. The minimum Gasteiger partial charge on any atom is -0.490 e. The summed E-state index contributed by atoms with van der Waals surface area (Å²) in [6, 6.07) is 14.0. The molecule has 0 aliphatic carbocycles. The number of ether oxygens (including phenoxy) is 3. The fourth-order valence-electron chi connectivity index (χ4n) is 2.04. The summed E-state index contributed by atoms with van der Waals surface area (Å²) in [4.78, 5) is 10.9. The zero-order valence-electron chi connectivity index (χ0n) is 11.2. The van der Waals surface area contributed by atoms with Gasteiger partial charge in [0.2, 0.25) is 0 Å². The van der Waals surface area contributed by atoms with Crippen LogP contribution in [0.5, 0.6) is 17.2 Å². The Morgan fingerprint density at radius 1 is 1.19 bits per heavy atom. The Morgan fingerprint density at radius 3 is 2.76 bits per heavy atom. The van der Waals surface area contributed by atoms with E-state index in [4.69, 9.17) is 19.3 Å². The molecule has 0 radical (unpaired) electrons. The van der Waals surface area contributed by atoms with E-state index in [-0.39, 0.29) is 11.7 Å². The van der Waals surface area contributed by atoms with Crippen LogP contribution < -0.4 is 14.2 Å². The molecule has 1 N–H and O–H groups in total. The summed E-state index contributed by atoms with van der Waals surface area (Å²) in [6.45, 7) is 0.688. The maximum Gasteiger partial charge on any atom is 0.335 e. The topological polar surface area (TPSA) is 65.0 Å². The summed E-state index contributed by atoms with van der Waals surface area (Å²) < 4.78 is 16.9. The number of rotatable bonds is 4. The fraction of sp³-hybridized carbons (Fsp3) is 0.188. The van der Waals surface area contributed by atoms with E-state index in [1.54, 1.807) is 6.07 Å². The zero-order valence-corrected chi connectivity index (χ0v) is 11.2. The van der Waals surface area contributed by atoms with Crippen LogP contribution in [0.4, 0.5) is 0 Å². The van der Waals surface area contributed by atoms with E-state index in [1.165, 1.54) is 12.1 Å². The van der Waals surface area contributed by atoms with E-state index in [9.17, 15) is 4.79 Å². The minimum atomic E-state index is -0.990. The Labute approximate surface area is 121 Å². The van der Waals surface area contributed by atoms with Gasteiger partial charge in [-0.05, 0) is 30.3 Å². The monoisotopic (exact) mass is 286 g/mol. The average Bonchev–Trinajstić information content (AvgIpc) is 2.53. The number of hydrogen-bond acceptors (Lipinski definition) is 4. The Bertz CT molecular complexity index is 638. The number of benzene rings is 2. The van der Waals surface area contributed by atoms with E-state index in [0.29, 0.717) is 24.7 Å². The van der Waals surface area contributed by atoms with Crippen molar-refractivity contribution in [2.45, 2.75) is 6.10 Å². The predicted molar refractivity (Wildman–Crippen MR) is 75.2 cm³/mol. The highest BCUT2D eigenvalue weighted by atomic mass is 16.6. The lowest BCUT2D eigenvalue weighted by molar-refractivity contribution is 0.0531. The predicted octanol–water partition coefficient (Wildman–Crippen LogP) is 2.60. The van der Waals surface area contributed by atoms with Gasteiger partial charge in [0.05, 0.1) is 5.56 Å². The molecular weight excluding hydrogens is 272 g/mol. The van der Waals surface area contributed by atoms with Crippen molar-refractivity contribution in [2.75, 3.05) is 13.2 Å². The van der Waals surface area contributed by atoms with Crippen LogP contribution in [-0.2, 0) is 0 Å². The number of carbonyl (C=O) groups is 1. The molecule has 1 atom stereocenters. The van der Waals surface area contributed by atoms with Crippen molar-refractivity contribution in [3.8, 4) is 17.2 Å². The van der Waals surface area contributed by atoms with Crippen molar-refractivity contribution >= 4 is 5.97 Å². The molecule has 0 bridgehead atoms. The van der Waals surface area contributed by atoms with Crippen molar-refractivity contribution in [3.05, 3.63) is 54.1 Å². The van der Waals surface area contributed by atoms with Crippen LogP contribution >= 0.6 is 0 Å². The summed E-state index contributed by atoms with van der Waals surface area (Å²) in [7, 11) is 0. The molecule has 21 heavy (non-hydrogen) atoms. The molecule has 1 aliphatic heterocycles. The van der Waals surface area contributed by atoms with E-state index in [2.05, 4.69) is 0 Å². The van der Waals surface area contributed by atoms with Gasteiger partial charge in [-0.1, -0.05) is 18.2 Å². The van der Waals surface area contributed by atoms with Crippen molar-refractivity contribution in [3.63, 3.8) is 0 Å². The van der Waals surface area contributed by atoms with Gasteiger partial charge >= 0.3 is 5.97 Å². The maximum atomic E-state index is 10.9. The molecule has 1 heterocycles. The molecule has 3 rings (SSSR count). The highest BCUT2D eigenvalue weighted by Crippen LogP contribution is 2.32. The third kappa shape index (κ3) is 3.08. The molecule has 108 valence electrons. The van der Waals surface area contributed by atoms with Crippen molar-refractivity contribution in [1.82, 2.24) is 0 Å². The van der Waals surface area contributed by atoms with Crippen LogP contribution in [0, 0.1) is 0 Å². The molecule has 0 saturated carbocycles. The lowest BCUT2D eigenvalue weighted by Crippen LogP contribution is -2.34. The fourth-order valence-corrected chi connectivity index (χ4v) is 2.04. The van der Waals surface area contributed by atoms with Gasteiger partial charge in [0.25, 0.3) is 0 Å². The summed E-state index contributed by atoms with van der Waals surface area (Å²) in [5, 5.41) is 8.93. The van der Waals surface area contributed by atoms with Gasteiger partial charge in [0.15, 0.2) is 17.6 Å². The molecule has 2 aromatic rings. The minimum absolute atomic E-state index is 0.177. The first kappa shape index (κ1) is 13.3. The van der Waals surface area contributed by atoms with Gasteiger partial charge < -0.3 is 19.3 Å². The SMILES string of the molecule is O=C(O)c1ccc2c(c1)OCC(COc1ccccc1)O2. The van der Waals surface area contributed by atoms with Crippen LogP contribution in [0.1, 0.15) is 10.4 Å². The van der Waals surface area contributed by atoms with Crippen LogP contribution in [0.3, 0.4) is 0 Å². The molecule has 0 aromatic heterocycles. The van der Waals surface area contributed by atoms with Crippen LogP contribution in [-0.4, -0.2) is 30.4 Å². The molecule has 5 heteroatoms. The third-order valence-electron chi connectivity index (χ3n) is 3.09. The molecule has 5 nitrogen and oxygen atoms in total. The number of para-hydroxylation sites is 1. The number of hydrogen-bond donors (Lipinski definition) is 1. The maximum absolute atomic E-state index is 10.9. The molecular formula is C16H14O5. The molecule has 0 saturated heterocycles. The Kier molecular flexibility index (Phi) is 3.64. The van der Waals surface area contributed by atoms with Crippen LogP contribution in [0.25, 0.3) is 0 Å². The molecule has 0 spiro atoms.